The van der Waals surface area contributed by atoms with E-state index in [9.17, 15) is 14.9 Å². The van der Waals surface area contributed by atoms with E-state index in [1.165, 1.54) is 18.2 Å². The first kappa shape index (κ1) is 13.2. The van der Waals surface area contributed by atoms with Gasteiger partial charge >= 0.3 is 0 Å². The van der Waals surface area contributed by atoms with Gasteiger partial charge in [-0.1, -0.05) is 30.3 Å². The van der Waals surface area contributed by atoms with Gasteiger partial charge < -0.3 is 0 Å². The molecule has 0 radical (unpaired) electrons. The average molecular weight is 276 g/mol. The Bertz CT molecular complexity index is 635. The highest BCUT2D eigenvalue weighted by Gasteiger charge is 2.22. The zero-order chi connectivity index (χ0) is 14.0. The molecular formula is C14H10ClNO3. The molecule has 0 aliphatic rings. The van der Waals surface area contributed by atoms with Crippen LogP contribution >= 0.6 is 11.6 Å². The second-order valence-electron chi connectivity index (χ2n) is 4.05. The molecule has 96 valence electrons. The number of nitro groups is 1. The van der Waals surface area contributed by atoms with Gasteiger partial charge in [0.25, 0.3) is 10.9 Å². The van der Waals surface area contributed by atoms with Crippen LogP contribution in [0.3, 0.4) is 0 Å². The molecule has 0 N–H and O–H groups in total. The molecule has 0 aliphatic carbocycles. The van der Waals surface area contributed by atoms with E-state index in [1.807, 2.05) is 19.1 Å². The Morgan fingerprint density at radius 3 is 2.42 bits per heavy atom. The van der Waals surface area contributed by atoms with Crippen molar-refractivity contribution in [3.8, 4) is 11.1 Å². The first-order chi connectivity index (χ1) is 9.02. The Morgan fingerprint density at radius 1 is 1.16 bits per heavy atom. The number of rotatable bonds is 3. The Kier molecular flexibility index (Phi) is 3.62. The third-order valence-corrected chi connectivity index (χ3v) is 3.07. The van der Waals surface area contributed by atoms with Crippen molar-refractivity contribution in [2.75, 3.05) is 0 Å². The molecule has 0 saturated heterocycles. The van der Waals surface area contributed by atoms with Crippen LogP contribution in [0.25, 0.3) is 11.1 Å². The van der Waals surface area contributed by atoms with Gasteiger partial charge in [0.05, 0.1) is 10.5 Å². The van der Waals surface area contributed by atoms with Gasteiger partial charge in [-0.2, -0.15) is 0 Å². The molecule has 0 heterocycles. The summed E-state index contributed by atoms with van der Waals surface area (Å²) in [6.45, 7) is 1.83. The second kappa shape index (κ2) is 5.20. The maximum absolute atomic E-state index is 11.5. The van der Waals surface area contributed by atoms with Crippen molar-refractivity contribution < 1.29 is 9.72 Å². The fourth-order valence-corrected chi connectivity index (χ4v) is 2.15. The SMILES string of the molecule is Cc1ccccc1-c1c(C(=O)Cl)cccc1[N+](=O)[O-]. The quantitative estimate of drug-likeness (QED) is 0.484. The first-order valence-corrected chi connectivity index (χ1v) is 5.93. The summed E-state index contributed by atoms with van der Waals surface area (Å²) >= 11 is 5.53. The molecule has 5 heteroatoms. The lowest BCUT2D eigenvalue weighted by molar-refractivity contribution is -0.384. The summed E-state index contributed by atoms with van der Waals surface area (Å²) in [5, 5.41) is 10.4. The van der Waals surface area contributed by atoms with E-state index < -0.39 is 10.2 Å². The maximum Gasteiger partial charge on any atom is 0.277 e. The smallest absolute Gasteiger partial charge is 0.276 e. The summed E-state index contributed by atoms with van der Waals surface area (Å²) < 4.78 is 0. The summed E-state index contributed by atoms with van der Waals surface area (Å²) in [5.41, 5.74) is 1.77. The van der Waals surface area contributed by atoms with E-state index in [0.29, 0.717) is 5.56 Å². The minimum atomic E-state index is -0.707. The monoisotopic (exact) mass is 275 g/mol. The zero-order valence-electron chi connectivity index (χ0n) is 10.1. The predicted molar refractivity (Wildman–Crippen MR) is 73.5 cm³/mol. The lowest BCUT2D eigenvalue weighted by atomic mass is 9.95. The van der Waals surface area contributed by atoms with Crippen LogP contribution in [-0.4, -0.2) is 10.2 Å². The molecule has 4 nitrogen and oxygen atoms in total. The number of hydrogen-bond donors (Lipinski definition) is 0. The zero-order valence-corrected chi connectivity index (χ0v) is 10.8. The van der Waals surface area contributed by atoms with Crippen LogP contribution in [0.4, 0.5) is 5.69 Å². The molecule has 2 aromatic rings. The highest BCUT2D eigenvalue weighted by molar-refractivity contribution is 6.68. The fraction of sp³-hybridized carbons (Fsp3) is 0.0714. The van der Waals surface area contributed by atoms with E-state index >= 15 is 0 Å². The molecule has 0 aliphatic heterocycles. The average Bonchev–Trinajstić information content (AvgIpc) is 2.38. The van der Waals surface area contributed by atoms with E-state index in [-0.39, 0.29) is 16.8 Å². The van der Waals surface area contributed by atoms with Crippen molar-refractivity contribution in [3.63, 3.8) is 0 Å². The molecular weight excluding hydrogens is 266 g/mol. The van der Waals surface area contributed by atoms with Gasteiger partial charge in [-0.15, -0.1) is 0 Å². The van der Waals surface area contributed by atoms with Gasteiger partial charge in [-0.25, -0.2) is 0 Å². The molecule has 0 fully saturated rings. The summed E-state index contributed by atoms with van der Waals surface area (Å²) in [5.74, 6) is 0. The van der Waals surface area contributed by atoms with Crippen LogP contribution < -0.4 is 0 Å². The minimum absolute atomic E-state index is 0.124. The maximum atomic E-state index is 11.5. The molecule has 0 unspecified atom stereocenters. The van der Waals surface area contributed by atoms with E-state index in [4.69, 9.17) is 11.6 Å². The van der Waals surface area contributed by atoms with Gasteiger partial charge in [0.2, 0.25) is 0 Å². The highest BCUT2D eigenvalue weighted by Crippen LogP contribution is 2.35. The number of carbonyl (C=O) groups is 1. The number of nitrogens with zero attached hydrogens (tertiary/aromatic N) is 1. The van der Waals surface area contributed by atoms with Crippen molar-refractivity contribution >= 4 is 22.5 Å². The number of benzene rings is 2. The third-order valence-electron chi connectivity index (χ3n) is 2.87. The topological polar surface area (TPSA) is 60.2 Å². The predicted octanol–water partition coefficient (Wildman–Crippen LogP) is 3.95. The molecule has 19 heavy (non-hydrogen) atoms. The molecule has 0 atom stereocenters. The molecule has 0 spiro atoms. The van der Waals surface area contributed by atoms with Crippen LogP contribution in [0.15, 0.2) is 42.5 Å². The molecule has 2 rings (SSSR count). The van der Waals surface area contributed by atoms with Crippen LogP contribution in [0, 0.1) is 17.0 Å². The first-order valence-electron chi connectivity index (χ1n) is 5.55. The van der Waals surface area contributed by atoms with Gasteiger partial charge in [0.15, 0.2) is 0 Å². The fourth-order valence-electron chi connectivity index (χ4n) is 1.99. The van der Waals surface area contributed by atoms with Gasteiger partial charge in [-0.05, 0) is 35.7 Å². The molecule has 2 aromatic carbocycles. The van der Waals surface area contributed by atoms with Crippen LogP contribution in [-0.2, 0) is 0 Å². The van der Waals surface area contributed by atoms with Crippen molar-refractivity contribution in [2.24, 2.45) is 0 Å². The van der Waals surface area contributed by atoms with Gasteiger partial charge in [0, 0.05) is 11.6 Å². The van der Waals surface area contributed by atoms with Gasteiger partial charge in [0.1, 0.15) is 0 Å². The Morgan fingerprint density at radius 2 is 1.84 bits per heavy atom. The van der Waals surface area contributed by atoms with Crippen molar-refractivity contribution in [3.05, 3.63) is 63.7 Å². The standard InChI is InChI=1S/C14H10ClNO3/c1-9-5-2-3-6-10(9)13-11(14(15)17)7-4-8-12(13)16(18)19/h2-8H,1H3. The minimum Gasteiger partial charge on any atom is -0.276 e. The number of hydrogen-bond acceptors (Lipinski definition) is 3. The lowest BCUT2D eigenvalue weighted by Gasteiger charge is -2.09. The van der Waals surface area contributed by atoms with Crippen LogP contribution in [0.1, 0.15) is 15.9 Å². The van der Waals surface area contributed by atoms with Crippen LogP contribution in [0.5, 0.6) is 0 Å². The molecule has 0 bridgehead atoms. The summed E-state index contributed by atoms with van der Waals surface area (Å²) in [7, 11) is 0. The summed E-state index contributed by atoms with van der Waals surface area (Å²) in [6.07, 6.45) is 0. The van der Waals surface area contributed by atoms with Crippen LogP contribution in [0.2, 0.25) is 0 Å². The number of halogens is 1. The Hall–Kier alpha value is -2.20. The van der Waals surface area contributed by atoms with Crippen molar-refractivity contribution in [1.82, 2.24) is 0 Å². The molecule has 0 aromatic heterocycles. The normalized spacial score (nSPS) is 10.2. The third kappa shape index (κ3) is 2.48. The Labute approximate surface area is 114 Å². The second-order valence-corrected chi connectivity index (χ2v) is 4.39. The van der Waals surface area contributed by atoms with E-state index in [2.05, 4.69) is 0 Å². The van der Waals surface area contributed by atoms with E-state index in [1.54, 1.807) is 12.1 Å². The summed E-state index contributed by atoms with van der Waals surface area (Å²) in [6, 6.07) is 11.5. The van der Waals surface area contributed by atoms with Gasteiger partial charge in [-0.3, -0.25) is 14.9 Å². The largest absolute Gasteiger partial charge is 0.277 e. The lowest BCUT2D eigenvalue weighted by Crippen LogP contribution is -2.00. The van der Waals surface area contributed by atoms with Crippen molar-refractivity contribution in [1.29, 1.82) is 0 Å². The van der Waals surface area contributed by atoms with Crippen molar-refractivity contribution in [2.45, 2.75) is 6.92 Å². The Balaban J connectivity index is 2.83. The molecule has 0 saturated carbocycles. The molecule has 0 amide bonds. The van der Waals surface area contributed by atoms with E-state index in [0.717, 1.165) is 5.56 Å². The number of carbonyl (C=O) groups excluding carboxylic acids is 1. The number of aryl methyl sites for hydroxylation is 1. The summed E-state index contributed by atoms with van der Waals surface area (Å²) in [4.78, 5) is 22.1. The highest BCUT2D eigenvalue weighted by atomic mass is 35.5. The number of nitro benzene ring substituents is 1.